The molecule has 0 radical (unpaired) electrons. The molecule has 110 valence electrons. The second-order valence-electron chi connectivity index (χ2n) is 4.20. The number of hydrogen-bond donors (Lipinski definition) is 0. The Bertz CT molecular complexity index is 673. The third kappa shape index (κ3) is 3.84. The second kappa shape index (κ2) is 6.75. The normalized spacial score (nSPS) is 10.2. The van der Waals surface area contributed by atoms with Crippen molar-refractivity contribution in [3.05, 3.63) is 56.9 Å². The lowest BCUT2D eigenvalue weighted by atomic mass is 10.2. The van der Waals surface area contributed by atoms with E-state index in [9.17, 15) is 14.3 Å². The first-order valence-corrected chi connectivity index (χ1v) is 7.05. The van der Waals surface area contributed by atoms with E-state index >= 15 is 0 Å². The number of carbonyl (C=O) groups excluding carboxylic acids is 1. The van der Waals surface area contributed by atoms with Gasteiger partial charge in [0, 0.05) is 5.56 Å². The minimum Gasteiger partial charge on any atom is -0.545 e. The number of halogens is 2. The van der Waals surface area contributed by atoms with Crippen LogP contribution in [0.3, 0.4) is 0 Å². The summed E-state index contributed by atoms with van der Waals surface area (Å²) in [7, 11) is 1.42. The summed E-state index contributed by atoms with van der Waals surface area (Å²) in [5, 5.41) is 10.9. The number of carboxylic acid groups (broad SMARTS) is 1. The molecule has 0 aliphatic carbocycles. The Morgan fingerprint density at radius 2 is 2.10 bits per heavy atom. The van der Waals surface area contributed by atoms with E-state index in [0.29, 0.717) is 14.9 Å². The van der Waals surface area contributed by atoms with Gasteiger partial charge in [-0.3, -0.25) is 0 Å². The van der Waals surface area contributed by atoms with Crippen LogP contribution in [0.2, 0.25) is 0 Å². The van der Waals surface area contributed by atoms with Gasteiger partial charge in [-0.15, -0.1) is 0 Å². The zero-order valence-corrected chi connectivity index (χ0v) is 13.2. The van der Waals surface area contributed by atoms with E-state index < -0.39 is 5.97 Å². The highest BCUT2D eigenvalue weighted by molar-refractivity contribution is 14.1. The molecule has 21 heavy (non-hydrogen) atoms. The number of methoxy groups -OCH3 is 1. The van der Waals surface area contributed by atoms with Crippen molar-refractivity contribution in [2.24, 2.45) is 0 Å². The van der Waals surface area contributed by atoms with Crippen LogP contribution in [-0.4, -0.2) is 13.1 Å². The molecule has 0 atom stereocenters. The minimum atomic E-state index is -1.29. The standard InChI is InChI=1S/C15H12FIO4/c1-20-13-7-10(15(18)19)6-12(17)14(13)21-8-9-3-2-4-11(16)5-9/h2-7H,8H2,1H3,(H,18,19)/p-1. The summed E-state index contributed by atoms with van der Waals surface area (Å²) in [6, 6.07) is 8.81. The van der Waals surface area contributed by atoms with Crippen molar-refractivity contribution in [3.63, 3.8) is 0 Å². The van der Waals surface area contributed by atoms with Crippen LogP contribution in [0.4, 0.5) is 4.39 Å². The molecule has 0 N–H and O–H groups in total. The zero-order chi connectivity index (χ0) is 15.4. The lowest BCUT2D eigenvalue weighted by Gasteiger charge is -2.15. The Morgan fingerprint density at radius 3 is 2.71 bits per heavy atom. The van der Waals surface area contributed by atoms with Crippen molar-refractivity contribution < 1.29 is 23.8 Å². The number of carbonyl (C=O) groups is 1. The lowest BCUT2D eigenvalue weighted by molar-refractivity contribution is -0.255. The molecule has 0 fully saturated rings. The van der Waals surface area contributed by atoms with Gasteiger partial charge in [-0.25, -0.2) is 4.39 Å². The summed E-state index contributed by atoms with van der Waals surface area (Å²) in [6.07, 6.45) is 0. The summed E-state index contributed by atoms with van der Waals surface area (Å²) in [6.45, 7) is 0.148. The zero-order valence-electron chi connectivity index (χ0n) is 11.1. The molecule has 0 heterocycles. The molecule has 0 aromatic heterocycles. The molecule has 0 spiro atoms. The van der Waals surface area contributed by atoms with Crippen LogP contribution in [0, 0.1) is 9.39 Å². The lowest BCUT2D eigenvalue weighted by Crippen LogP contribution is -2.22. The van der Waals surface area contributed by atoms with Gasteiger partial charge >= 0.3 is 0 Å². The van der Waals surface area contributed by atoms with E-state index in [1.807, 2.05) is 22.6 Å². The fourth-order valence-corrected chi connectivity index (χ4v) is 2.52. The molecule has 6 heteroatoms. The van der Waals surface area contributed by atoms with Crippen LogP contribution >= 0.6 is 22.6 Å². The van der Waals surface area contributed by atoms with Gasteiger partial charge in [0.05, 0.1) is 16.6 Å². The van der Waals surface area contributed by atoms with E-state index in [1.54, 1.807) is 12.1 Å². The molecule has 0 aliphatic rings. The number of rotatable bonds is 5. The molecule has 0 saturated heterocycles. The number of carboxylic acids is 1. The first-order valence-electron chi connectivity index (χ1n) is 5.97. The first kappa shape index (κ1) is 15.6. The van der Waals surface area contributed by atoms with Crippen molar-refractivity contribution >= 4 is 28.6 Å². The summed E-state index contributed by atoms with van der Waals surface area (Å²) < 4.78 is 24.4. The van der Waals surface area contributed by atoms with E-state index in [2.05, 4.69) is 0 Å². The van der Waals surface area contributed by atoms with Gasteiger partial charge in [-0.1, -0.05) is 12.1 Å². The molecule has 2 aromatic carbocycles. The predicted molar refractivity (Wildman–Crippen MR) is 80.8 cm³/mol. The van der Waals surface area contributed by atoms with Gasteiger partial charge < -0.3 is 19.4 Å². The molecular formula is C15H11FIO4-. The van der Waals surface area contributed by atoms with E-state index in [0.717, 1.165) is 0 Å². The fraction of sp³-hybridized carbons (Fsp3) is 0.133. The summed E-state index contributed by atoms with van der Waals surface area (Å²) in [5.41, 5.74) is 0.672. The first-order chi connectivity index (χ1) is 10.0. The molecule has 0 aliphatic heterocycles. The topological polar surface area (TPSA) is 58.6 Å². The molecule has 0 unspecified atom stereocenters. The SMILES string of the molecule is COc1cc(C(=O)[O-])cc(I)c1OCc1cccc(F)c1. The van der Waals surface area contributed by atoms with Gasteiger partial charge in [-0.05, 0) is 52.4 Å². The van der Waals surface area contributed by atoms with Gasteiger partial charge in [0.2, 0.25) is 0 Å². The Balaban J connectivity index is 2.25. The van der Waals surface area contributed by atoms with Crippen molar-refractivity contribution in [3.8, 4) is 11.5 Å². The van der Waals surface area contributed by atoms with Crippen molar-refractivity contribution in [1.82, 2.24) is 0 Å². The van der Waals surface area contributed by atoms with E-state index in [-0.39, 0.29) is 23.7 Å². The fourth-order valence-electron chi connectivity index (χ4n) is 1.76. The van der Waals surface area contributed by atoms with Crippen LogP contribution in [0.15, 0.2) is 36.4 Å². The highest BCUT2D eigenvalue weighted by Crippen LogP contribution is 2.34. The van der Waals surface area contributed by atoms with Gasteiger partial charge in [0.15, 0.2) is 11.5 Å². The second-order valence-corrected chi connectivity index (χ2v) is 5.36. The Morgan fingerprint density at radius 1 is 1.33 bits per heavy atom. The average Bonchev–Trinajstić information content (AvgIpc) is 2.45. The monoisotopic (exact) mass is 401 g/mol. The van der Waals surface area contributed by atoms with E-state index in [4.69, 9.17) is 9.47 Å². The van der Waals surface area contributed by atoms with Crippen LogP contribution in [-0.2, 0) is 6.61 Å². The third-order valence-electron chi connectivity index (χ3n) is 2.74. The van der Waals surface area contributed by atoms with Crippen molar-refractivity contribution in [2.75, 3.05) is 7.11 Å². The maximum atomic E-state index is 13.1. The molecule has 0 bridgehead atoms. The van der Waals surface area contributed by atoms with Gasteiger partial charge in [0.1, 0.15) is 12.4 Å². The molecule has 0 saturated carbocycles. The quantitative estimate of drug-likeness (QED) is 0.723. The minimum absolute atomic E-state index is 0.00866. The highest BCUT2D eigenvalue weighted by atomic mass is 127. The number of aromatic carboxylic acids is 1. The van der Waals surface area contributed by atoms with Crippen LogP contribution in [0.5, 0.6) is 11.5 Å². The van der Waals surface area contributed by atoms with Gasteiger partial charge in [-0.2, -0.15) is 0 Å². The summed E-state index contributed by atoms with van der Waals surface area (Å²) in [5.74, 6) is -0.933. The maximum Gasteiger partial charge on any atom is 0.174 e. The molecule has 4 nitrogen and oxygen atoms in total. The van der Waals surface area contributed by atoms with E-state index in [1.165, 1.54) is 31.4 Å². The average molecular weight is 401 g/mol. The number of benzene rings is 2. The van der Waals surface area contributed by atoms with Crippen LogP contribution in [0.1, 0.15) is 15.9 Å². The predicted octanol–water partition coefficient (Wildman–Crippen LogP) is 2.38. The molecule has 2 aromatic rings. The maximum absolute atomic E-state index is 13.1. The number of ether oxygens (including phenoxy) is 2. The van der Waals surface area contributed by atoms with Crippen molar-refractivity contribution in [2.45, 2.75) is 6.61 Å². The van der Waals surface area contributed by atoms with Crippen LogP contribution in [0.25, 0.3) is 0 Å². The largest absolute Gasteiger partial charge is 0.545 e. The Hall–Kier alpha value is -1.83. The van der Waals surface area contributed by atoms with Crippen molar-refractivity contribution in [1.29, 1.82) is 0 Å². The summed E-state index contributed by atoms with van der Waals surface area (Å²) >= 11 is 1.95. The Labute approximate surface area is 134 Å². The van der Waals surface area contributed by atoms with Crippen LogP contribution < -0.4 is 14.6 Å². The van der Waals surface area contributed by atoms with Gasteiger partial charge in [0.25, 0.3) is 0 Å². The third-order valence-corrected chi connectivity index (χ3v) is 3.54. The Kier molecular flexibility index (Phi) is 5.00. The molecule has 2 rings (SSSR count). The smallest absolute Gasteiger partial charge is 0.174 e. The highest BCUT2D eigenvalue weighted by Gasteiger charge is 2.12. The number of hydrogen-bond acceptors (Lipinski definition) is 4. The summed E-state index contributed by atoms with van der Waals surface area (Å²) in [4.78, 5) is 10.9. The molecule has 0 amide bonds. The molecular weight excluding hydrogens is 390 g/mol.